The Morgan fingerprint density at radius 1 is 1.00 bits per heavy atom. The van der Waals surface area contributed by atoms with E-state index >= 15 is 0 Å². The summed E-state index contributed by atoms with van der Waals surface area (Å²) >= 11 is 1.44. The summed E-state index contributed by atoms with van der Waals surface area (Å²) in [7, 11) is 0. The maximum atomic E-state index is 12.7. The lowest BCUT2D eigenvalue weighted by Gasteiger charge is -2.20. The van der Waals surface area contributed by atoms with Crippen LogP contribution in [-0.2, 0) is 4.74 Å². The number of rotatable bonds is 7. The molecule has 0 saturated carbocycles. The number of carbonyl (C=O) groups is 1. The van der Waals surface area contributed by atoms with E-state index in [0.29, 0.717) is 16.3 Å². The molecule has 6 nitrogen and oxygen atoms in total. The third kappa shape index (κ3) is 4.31. The maximum absolute atomic E-state index is 12.7. The van der Waals surface area contributed by atoms with Gasteiger partial charge in [-0.1, -0.05) is 54.6 Å². The number of aromatic nitrogens is 1. The van der Waals surface area contributed by atoms with Crippen molar-refractivity contribution in [3.63, 3.8) is 0 Å². The molecule has 0 fully saturated rings. The fourth-order valence-electron chi connectivity index (χ4n) is 3.70. The molecule has 0 bridgehead atoms. The zero-order valence-corrected chi connectivity index (χ0v) is 18.4. The molecular formula is C26H21N3O3S. The average molecular weight is 456 g/mol. The van der Waals surface area contributed by atoms with E-state index in [-0.39, 0.29) is 12.4 Å². The molecule has 164 valence electrons. The van der Waals surface area contributed by atoms with Crippen LogP contribution >= 0.6 is 11.3 Å². The van der Waals surface area contributed by atoms with Crippen LogP contribution in [0.4, 0.5) is 0 Å². The van der Waals surface area contributed by atoms with Crippen molar-refractivity contribution in [1.82, 2.24) is 4.98 Å². The van der Waals surface area contributed by atoms with Crippen molar-refractivity contribution >= 4 is 44.1 Å². The molecule has 2 heterocycles. The SMILES string of the molecule is N=C(N)c1cc2c(OC(COC(=O)c3cc4ccccc4[nH]3)c3ccccc3)cccc2s1. The molecule has 3 aromatic carbocycles. The van der Waals surface area contributed by atoms with E-state index in [1.54, 1.807) is 6.07 Å². The van der Waals surface area contributed by atoms with Crippen LogP contribution in [0, 0.1) is 5.41 Å². The van der Waals surface area contributed by atoms with Gasteiger partial charge in [-0.05, 0) is 35.9 Å². The number of amidine groups is 1. The van der Waals surface area contributed by atoms with Gasteiger partial charge < -0.3 is 20.2 Å². The van der Waals surface area contributed by atoms with Crippen molar-refractivity contribution < 1.29 is 14.3 Å². The van der Waals surface area contributed by atoms with E-state index in [1.807, 2.05) is 78.9 Å². The van der Waals surface area contributed by atoms with Crippen LogP contribution in [0.25, 0.3) is 21.0 Å². The number of hydrogen-bond acceptors (Lipinski definition) is 5. The van der Waals surface area contributed by atoms with Gasteiger partial charge >= 0.3 is 5.97 Å². The van der Waals surface area contributed by atoms with Gasteiger partial charge in [0.2, 0.25) is 0 Å². The Hall–Kier alpha value is -4.10. The molecule has 2 aromatic heterocycles. The molecule has 0 radical (unpaired) electrons. The summed E-state index contributed by atoms with van der Waals surface area (Å²) in [5.74, 6) is 0.226. The van der Waals surface area contributed by atoms with E-state index in [2.05, 4.69) is 4.98 Å². The standard InChI is InChI=1S/C26H21N3O3S/c27-25(28)24-14-18-21(11-6-12-23(18)33-24)32-22(16-7-2-1-3-8-16)15-31-26(30)20-13-17-9-4-5-10-19(17)29-20/h1-14,22,29H,15H2,(H3,27,28). The Kier molecular flexibility index (Phi) is 5.54. The monoisotopic (exact) mass is 455 g/mol. The summed E-state index contributed by atoms with van der Waals surface area (Å²) in [5, 5.41) is 9.56. The lowest BCUT2D eigenvalue weighted by atomic mass is 10.1. The minimum absolute atomic E-state index is 0.0222. The van der Waals surface area contributed by atoms with Crippen LogP contribution in [0.15, 0.2) is 84.9 Å². The van der Waals surface area contributed by atoms with Crippen LogP contribution in [0.1, 0.15) is 27.0 Å². The Balaban J connectivity index is 1.40. The number of benzene rings is 3. The molecule has 5 aromatic rings. The lowest BCUT2D eigenvalue weighted by molar-refractivity contribution is 0.0306. The third-order valence-electron chi connectivity index (χ3n) is 5.34. The number of aromatic amines is 1. The van der Waals surface area contributed by atoms with Gasteiger partial charge in [0.05, 0.1) is 4.88 Å². The first-order chi connectivity index (χ1) is 16.1. The summed E-state index contributed by atoms with van der Waals surface area (Å²) < 4.78 is 13.0. The quantitative estimate of drug-likeness (QED) is 0.168. The topological polar surface area (TPSA) is 101 Å². The molecule has 0 aliphatic rings. The van der Waals surface area contributed by atoms with Gasteiger partial charge in [-0.25, -0.2) is 4.79 Å². The number of thiophene rings is 1. The molecule has 0 spiro atoms. The van der Waals surface area contributed by atoms with Gasteiger partial charge in [-0.2, -0.15) is 0 Å². The van der Waals surface area contributed by atoms with Crippen molar-refractivity contribution in [2.24, 2.45) is 5.73 Å². The number of nitrogens with two attached hydrogens (primary N) is 1. The highest BCUT2D eigenvalue weighted by Gasteiger charge is 2.20. The first-order valence-electron chi connectivity index (χ1n) is 10.4. The average Bonchev–Trinajstić information content (AvgIpc) is 3.47. The van der Waals surface area contributed by atoms with E-state index in [4.69, 9.17) is 20.6 Å². The van der Waals surface area contributed by atoms with Gasteiger partial charge in [0.15, 0.2) is 6.10 Å². The van der Waals surface area contributed by atoms with Crippen LogP contribution in [0.3, 0.4) is 0 Å². The number of carbonyl (C=O) groups excluding carboxylic acids is 1. The van der Waals surface area contributed by atoms with Crippen molar-refractivity contribution in [1.29, 1.82) is 5.41 Å². The first-order valence-corrected chi connectivity index (χ1v) is 11.2. The first kappa shape index (κ1) is 20.8. The molecule has 0 amide bonds. The Bertz CT molecular complexity index is 1420. The second-order valence-corrected chi connectivity index (χ2v) is 8.66. The Labute approximate surface area is 194 Å². The van der Waals surface area contributed by atoms with E-state index in [1.165, 1.54) is 11.3 Å². The molecule has 4 N–H and O–H groups in total. The molecule has 0 aliphatic carbocycles. The third-order valence-corrected chi connectivity index (χ3v) is 6.48. The van der Waals surface area contributed by atoms with E-state index < -0.39 is 12.1 Å². The number of H-pyrrole nitrogens is 1. The highest BCUT2D eigenvalue weighted by atomic mass is 32.1. The second kappa shape index (κ2) is 8.80. The van der Waals surface area contributed by atoms with Crippen LogP contribution in [0.5, 0.6) is 5.75 Å². The molecule has 0 aliphatic heterocycles. The van der Waals surface area contributed by atoms with E-state index in [0.717, 1.165) is 26.6 Å². The molecule has 0 saturated heterocycles. The number of esters is 1. The molecule has 5 rings (SSSR count). The number of para-hydroxylation sites is 1. The molecule has 33 heavy (non-hydrogen) atoms. The van der Waals surface area contributed by atoms with Crippen LogP contribution < -0.4 is 10.5 Å². The summed E-state index contributed by atoms with van der Waals surface area (Å²) in [4.78, 5) is 16.5. The predicted molar refractivity (Wildman–Crippen MR) is 131 cm³/mol. The predicted octanol–water partition coefficient (Wildman–Crippen LogP) is 5.64. The highest BCUT2D eigenvalue weighted by Crippen LogP contribution is 2.35. The normalized spacial score (nSPS) is 12.0. The largest absolute Gasteiger partial charge is 0.481 e. The van der Waals surface area contributed by atoms with Gasteiger partial charge in [0.1, 0.15) is 23.9 Å². The highest BCUT2D eigenvalue weighted by molar-refractivity contribution is 7.20. The van der Waals surface area contributed by atoms with Crippen molar-refractivity contribution in [2.75, 3.05) is 6.61 Å². The van der Waals surface area contributed by atoms with Gasteiger partial charge in [0.25, 0.3) is 0 Å². The number of nitrogens with one attached hydrogen (secondary N) is 2. The fraction of sp³-hybridized carbons (Fsp3) is 0.0769. The summed E-state index contributed by atoms with van der Waals surface area (Å²) in [6, 6.07) is 26.7. The number of nitrogen functional groups attached to an aromatic ring is 1. The van der Waals surface area contributed by atoms with Crippen molar-refractivity contribution in [3.05, 3.63) is 101 Å². The molecule has 1 unspecified atom stereocenters. The Morgan fingerprint density at radius 2 is 1.79 bits per heavy atom. The molecular weight excluding hydrogens is 434 g/mol. The van der Waals surface area contributed by atoms with Crippen LogP contribution in [-0.4, -0.2) is 23.4 Å². The fourth-order valence-corrected chi connectivity index (χ4v) is 4.64. The van der Waals surface area contributed by atoms with Crippen LogP contribution in [0.2, 0.25) is 0 Å². The molecule has 7 heteroatoms. The summed E-state index contributed by atoms with van der Waals surface area (Å²) in [6.07, 6.45) is -0.509. The maximum Gasteiger partial charge on any atom is 0.354 e. The smallest absolute Gasteiger partial charge is 0.354 e. The second-order valence-electron chi connectivity index (χ2n) is 7.58. The Morgan fingerprint density at radius 3 is 2.58 bits per heavy atom. The summed E-state index contributed by atoms with van der Waals surface area (Å²) in [5.41, 5.74) is 7.84. The zero-order valence-electron chi connectivity index (χ0n) is 17.6. The van der Waals surface area contributed by atoms with Crippen molar-refractivity contribution in [2.45, 2.75) is 6.10 Å². The lowest BCUT2D eigenvalue weighted by Crippen LogP contribution is -2.18. The van der Waals surface area contributed by atoms with Gasteiger partial charge in [0, 0.05) is 21.0 Å². The van der Waals surface area contributed by atoms with Gasteiger partial charge in [-0.15, -0.1) is 11.3 Å². The minimum atomic E-state index is -0.509. The number of fused-ring (bicyclic) bond motifs is 2. The number of ether oxygens (including phenoxy) is 2. The minimum Gasteiger partial charge on any atom is -0.481 e. The van der Waals surface area contributed by atoms with Crippen molar-refractivity contribution in [3.8, 4) is 5.75 Å². The zero-order chi connectivity index (χ0) is 22.8. The summed E-state index contributed by atoms with van der Waals surface area (Å²) in [6.45, 7) is 0.0400. The van der Waals surface area contributed by atoms with E-state index in [9.17, 15) is 4.79 Å². The van der Waals surface area contributed by atoms with Gasteiger partial charge in [-0.3, -0.25) is 5.41 Å². The molecule has 1 atom stereocenters. The number of hydrogen-bond donors (Lipinski definition) is 3.